The van der Waals surface area contributed by atoms with Crippen LogP contribution in [0.15, 0.2) is 42.5 Å². The van der Waals surface area contributed by atoms with Gasteiger partial charge in [-0.15, -0.1) is 0 Å². The fourth-order valence-electron chi connectivity index (χ4n) is 4.41. The van der Waals surface area contributed by atoms with E-state index in [1.807, 2.05) is 6.07 Å². The lowest BCUT2D eigenvalue weighted by Gasteiger charge is -2.14. The number of rotatable bonds is 4. The van der Waals surface area contributed by atoms with Crippen molar-refractivity contribution in [1.29, 1.82) is 0 Å². The molecule has 3 aromatic rings. The molecule has 2 aliphatic carbocycles. The third-order valence-corrected chi connectivity index (χ3v) is 5.84. The molecular weight excluding hydrogens is 366 g/mol. The topological polar surface area (TPSA) is 81.2 Å². The van der Waals surface area contributed by atoms with Crippen LogP contribution in [0.5, 0.6) is 0 Å². The molecule has 6 heteroatoms. The summed E-state index contributed by atoms with van der Waals surface area (Å²) in [5.74, 6) is 0.495. The number of carbonyl (C=O) groups excluding carboxylic acids is 2. The molecule has 5 rings (SSSR count). The SMILES string of the molecule is CCOC(=O)c1ccc(NC(=O)c2ccc3nc4c(nc3c2)C2CCC4C2)cc1. The lowest BCUT2D eigenvalue weighted by Crippen LogP contribution is -2.13. The molecule has 0 aliphatic heterocycles. The summed E-state index contributed by atoms with van der Waals surface area (Å²) >= 11 is 0. The number of hydrogen-bond donors (Lipinski definition) is 1. The van der Waals surface area contributed by atoms with E-state index in [1.54, 1.807) is 43.3 Å². The zero-order valence-electron chi connectivity index (χ0n) is 16.1. The molecule has 1 amide bonds. The standard InChI is InChI=1S/C23H21N3O3/c1-2-29-23(28)13-5-8-17(9-6-13)24-22(27)16-7-10-18-19(12-16)26-21-15-4-3-14(11-15)20(21)25-18/h5-10,12,14-15H,2-4,11H2,1H3,(H,24,27). The number of carbonyl (C=O) groups is 2. The van der Waals surface area contributed by atoms with E-state index in [-0.39, 0.29) is 11.9 Å². The van der Waals surface area contributed by atoms with Gasteiger partial charge in [0, 0.05) is 23.1 Å². The van der Waals surface area contributed by atoms with Gasteiger partial charge in [0.05, 0.1) is 34.6 Å². The summed E-state index contributed by atoms with van der Waals surface area (Å²) in [7, 11) is 0. The summed E-state index contributed by atoms with van der Waals surface area (Å²) in [4.78, 5) is 34.1. The first-order valence-corrected chi connectivity index (χ1v) is 10.0. The van der Waals surface area contributed by atoms with Gasteiger partial charge in [0.2, 0.25) is 0 Å². The first-order chi connectivity index (χ1) is 14.1. The second-order valence-corrected chi connectivity index (χ2v) is 7.66. The van der Waals surface area contributed by atoms with Gasteiger partial charge in [-0.1, -0.05) is 0 Å². The van der Waals surface area contributed by atoms with Crippen molar-refractivity contribution in [2.24, 2.45) is 0 Å². The number of fused-ring (bicyclic) bond motifs is 6. The molecule has 0 radical (unpaired) electrons. The Kier molecular flexibility index (Phi) is 4.27. The molecule has 1 aromatic heterocycles. The Bertz CT molecular complexity index is 1120. The molecule has 2 unspecified atom stereocenters. The second kappa shape index (κ2) is 6.95. The number of anilines is 1. The average Bonchev–Trinajstić information content (AvgIpc) is 3.35. The van der Waals surface area contributed by atoms with Crippen molar-refractivity contribution >= 4 is 28.6 Å². The van der Waals surface area contributed by atoms with Gasteiger partial charge < -0.3 is 10.1 Å². The van der Waals surface area contributed by atoms with Crippen LogP contribution in [0.25, 0.3) is 11.0 Å². The predicted octanol–water partition coefficient (Wildman–Crippen LogP) is 4.42. The van der Waals surface area contributed by atoms with Crippen molar-refractivity contribution in [3.63, 3.8) is 0 Å². The molecule has 2 aromatic carbocycles. The molecule has 0 spiro atoms. The Balaban J connectivity index is 1.36. The maximum Gasteiger partial charge on any atom is 0.338 e. The minimum absolute atomic E-state index is 0.223. The quantitative estimate of drug-likeness (QED) is 0.670. The highest BCUT2D eigenvalue weighted by molar-refractivity contribution is 6.06. The van der Waals surface area contributed by atoms with Gasteiger partial charge in [-0.3, -0.25) is 4.79 Å². The van der Waals surface area contributed by atoms with E-state index in [9.17, 15) is 9.59 Å². The minimum atomic E-state index is -0.375. The number of amides is 1. The van der Waals surface area contributed by atoms with Crippen molar-refractivity contribution in [3.05, 3.63) is 65.0 Å². The number of nitrogens with one attached hydrogen (secondary N) is 1. The zero-order valence-corrected chi connectivity index (χ0v) is 16.1. The molecule has 1 fully saturated rings. The van der Waals surface area contributed by atoms with Gasteiger partial charge in [0.25, 0.3) is 5.91 Å². The first-order valence-electron chi connectivity index (χ1n) is 10.0. The summed E-state index contributed by atoms with van der Waals surface area (Å²) in [5.41, 5.74) is 5.49. The van der Waals surface area contributed by atoms with E-state index in [0.717, 1.165) is 22.4 Å². The smallest absolute Gasteiger partial charge is 0.338 e. The Morgan fingerprint density at radius 3 is 2.31 bits per heavy atom. The van der Waals surface area contributed by atoms with E-state index in [1.165, 1.54) is 19.3 Å². The van der Waals surface area contributed by atoms with Crippen LogP contribution in [-0.4, -0.2) is 28.5 Å². The second-order valence-electron chi connectivity index (χ2n) is 7.66. The lowest BCUT2D eigenvalue weighted by molar-refractivity contribution is 0.0526. The Morgan fingerprint density at radius 1 is 0.966 bits per heavy atom. The van der Waals surface area contributed by atoms with E-state index in [0.29, 0.717) is 35.3 Å². The van der Waals surface area contributed by atoms with Gasteiger partial charge in [0.1, 0.15) is 0 Å². The van der Waals surface area contributed by atoms with Crippen molar-refractivity contribution in [1.82, 2.24) is 9.97 Å². The highest BCUT2D eigenvalue weighted by Gasteiger charge is 2.39. The van der Waals surface area contributed by atoms with E-state index < -0.39 is 0 Å². The van der Waals surface area contributed by atoms with Crippen LogP contribution in [0, 0.1) is 0 Å². The average molecular weight is 387 g/mol. The Morgan fingerprint density at radius 2 is 1.62 bits per heavy atom. The molecule has 29 heavy (non-hydrogen) atoms. The summed E-state index contributed by atoms with van der Waals surface area (Å²) < 4.78 is 4.97. The Labute approximate surface area is 168 Å². The molecule has 146 valence electrons. The number of hydrogen-bond acceptors (Lipinski definition) is 5. The van der Waals surface area contributed by atoms with E-state index in [2.05, 4.69) is 5.32 Å². The highest BCUT2D eigenvalue weighted by atomic mass is 16.5. The van der Waals surface area contributed by atoms with Crippen molar-refractivity contribution in [2.45, 2.75) is 38.0 Å². The fraction of sp³-hybridized carbons (Fsp3) is 0.304. The molecule has 1 saturated carbocycles. The van der Waals surface area contributed by atoms with E-state index >= 15 is 0 Å². The number of nitrogens with zero attached hydrogens (tertiary/aromatic N) is 2. The summed E-state index contributed by atoms with van der Waals surface area (Å²) in [6.45, 7) is 2.09. The molecule has 1 N–H and O–H groups in total. The van der Waals surface area contributed by atoms with Crippen molar-refractivity contribution in [3.8, 4) is 0 Å². The molecule has 0 saturated heterocycles. The largest absolute Gasteiger partial charge is 0.462 e. The van der Waals surface area contributed by atoms with Gasteiger partial charge in [-0.2, -0.15) is 0 Å². The van der Waals surface area contributed by atoms with Crippen LogP contribution in [0.2, 0.25) is 0 Å². The Hall–Kier alpha value is -3.28. The highest BCUT2D eigenvalue weighted by Crippen LogP contribution is 2.51. The summed E-state index contributed by atoms with van der Waals surface area (Å²) in [6, 6.07) is 12.1. The van der Waals surface area contributed by atoms with Crippen molar-refractivity contribution in [2.75, 3.05) is 11.9 Å². The maximum absolute atomic E-state index is 12.7. The molecule has 1 heterocycles. The third kappa shape index (κ3) is 3.14. The predicted molar refractivity (Wildman–Crippen MR) is 109 cm³/mol. The van der Waals surface area contributed by atoms with Crippen molar-refractivity contribution < 1.29 is 14.3 Å². The molecule has 2 aliphatic rings. The van der Waals surface area contributed by atoms with Crippen LogP contribution in [0.3, 0.4) is 0 Å². The monoisotopic (exact) mass is 387 g/mol. The lowest BCUT2D eigenvalue weighted by atomic mass is 10.00. The normalized spacial score (nSPS) is 19.2. The molecule has 2 bridgehead atoms. The van der Waals surface area contributed by atoms with Crippen LogP contribution in [0.1, 0.15) is 70.1 Å². The third-order valence-electron chi connectivity index (χ3n) is 5.84. The molecule has 2 atom stereocenters. The molecular formula is C23H21N3O3. The maximum atomic E-state index is 12.7. The summed E-state index contributed by atoms with van der Waals surface area (Å²) in [6.07, 6.45) is 3.58. The number of esters is 1. The number of benzene rings is 2. The van der Waals surface area contributed by atoms with Crippen LogP contribution < -0.4 is 5.32 Å². The van der Waals surface area contributed by atoms with Gasteiger partial charge in [0.15, 0.2) is 0 Å². The fourth-order valence-corrected chi connectivity index (χ4v) is 4.41. The van der Waals surface area contributed by atoms with Crippen LogP contribution in [0.4, 0.5) is 5.69 Å². The van der Waals surface area contributed by atoms with Crippen LogP contribution >= 0.6 is 0 Å². The number of aromatic nitrogens is 2. The van der Waals surface area contributed by atoms with Crippen LogP contribution in [-0.2, 0) is 4.74 Å². The minimum Gasteiger partial charge on any atom is -0.462 e. The van der Waals surface area contributed by atoms with E-state index in [4.69, 9.17) is 14.7 Å². The van der Waals surface area contributed by atoms with Gasteiger partial charge in [-0.05, 0) is 68.7 Å². The zero-order chi connectivity index (χ0) is 20.0. The number of ether oxygens (including phenoxy) is 1. The van der Waals surface area contributed by atoms with Gasteiger partial charge >= 0.3 is 5.97 Å². The summed E-state index contributed by atoms with van der Waals surface area (Å²) in [5, 5.41) is 2.86. The first kappa shape index (κ1) is 17.8. The molecule has 6 nitrogen and oxygen atoms in total. The van der Waals surface area contributed by atoms with Gasteiger partial charge in [-0.25, -0.2) is 14.8 Å².